The molecular formula is C10H12F3N3O2S. The SMILES string of the molecule is COC1(C(F)(F)F)CN(C(=O)NCc2nccs2)C1. The quantitative estimate of drug-likeness (QED) is 0.922. The molecule has 0 aliphatic carbocycles. The molecular weight excluding hydrogens is 283 g/mol. The second-order valence-electron chi connectivity index (χ2n) is 4.14. The van der Waals surface area contributed by atoms with Gasteiger partial charge in [-0.1, -0.05) is 0 Å². The monoisotopic (exact) mass is 295 g/mol. The summed E-state index contributed by atoms with van der Waals surface area (Å²) >= 11 is 1.36. The molecule has 0 atom stereocenters. The van der Waals surface area contributed by atoms with E-state index >= 15 is 0 Å². The first-order valence-electron chi connectivity index (χ1n) is 5.41. The molecule has 1 saturated heterocycles. The van der Waals surface area contributed by atoms with Gasteiger partial charge in [-0.3, -0.25) is 0 Å². The van der Waals surface area contributed by atoms with Crippen LogP contribution in [0, 0.1) is 0 Å². The number of carbonyl (C=O) groups is 1. The lowest BCUT2D eigenvalue weighted by atomic mass is 9.93. The Hall–Kier alpha value is -1.35. The number of ether oxygens (including phenoxy) is 1. The van der Waals surface area contributed by atoms with E-state index in [2.05, 4.69) is 15.0 Å². The zero-order valence-corrected chi connectivity index (χ0v) is 10.8. The molecule has 0 saturated carbocycles. The van der Waals surface area contributed by atoms with Crippen molar-refractivity contribution in [1.29, 1.82) is 0 Å². The van der Waals surface area contributed by atoms with Crippen LogP contribution in [-0.4, -0.2) is 47.9 Å². The van der Waals surface area contributed by atoms with Gasteiger partial charge in [0.25, 0.3) is 0 Å². The molecule has 106 valence electrons. The molecule has 0 bridgehead atoms. The van der Waals surface area contributed by atoms with Crippen LogP contribution in [0.3, 0.4) is 0 Å². The maximum absolute atomic E-state index is 12.7. The number of nitrogens with zero attached hydrogens (tertiary/aromatic N) is 2. The molecule has 0 spiro atoms. The molecule has 1 aliphatic heterocycles. The second-order valence-corrected chi connectivity index (χ2v) is 5.12. The molecule has 2 amide bonds. The van der Waals surface area contributed by atoms with Gasteiger partial charge < -0.3 is 15.0 Å². The number of halogens is 3. The summed E-state index contributed by atoms with van der Waals surface area (Å²) in [5.41, 5.74) is -2.23. The van der Waals surface area contributed by atoms with Gasteiger partial charge in [0.2, 0.25) is 0 Å². The van der Waals surface area contributed by atoms with E-state index < -0.39 is 30.9 Å². The van der Waals surface area contributed by atoms with Crippen molar-refractivity contribution in [1.82, 2.24) is 15.2 Å². The summed E-state index contributed by atoms with van der Waals surface area (Å²) in [5, 5.41) is 4.96. The number of rotatable bonds is 3. The third-order valence-corrected chi connectivity index (χ3v) is 3.74. The smallest absolute Gasteiger partial charge is 0.365 e. The van der Waals surface area contributed by atoms with Gasteiger partial charge in [0, 0.05) is 18.7 Å². The molecule has 0 radical (unpaired) electrons. The van der Waals surface area contributed by atoms with Crippen molar-refractivity contribution in [2.75, 3.05) is 20.2 Å². The molecule has 9 heteroatoms. The molecule has 19 heavy (non-hydrogen) atoms. The molecule has 1 aromatic rings. The summed E-state index contributed by atoms with van der Waals surface area (Å²) in [6.07, 6.45) is -2.89. The molecule has 1 aliphatic rings. The first kappa shape index (κ1) is 14.1. The van der Waals surface area contributed by atoms with E-state index in [0.29, 0.717) is 5.01 Å². The highest BCUT2D eigenvalue weighted by Gasteiger charge is 2.63. The lowest BCUT2D eigenvalue weighted by Gasteiger charge is -2.49. The van der Waals surface area contributed by atoms with Crippen LogP contribution in [0.2, 0.25) is 0 Å². The van der Waals surface area contributed by atoms with Gasteiger partial charge in [0.05, 0.1) is 19.6 Å². The second kappa shape index (κ2) is 4.97. The maximum atomic E-state index is 12.7. The number of hydrogen-bond donors (Lipinski definition) is 1. The zero-order chi connectivity index (χ0) is 14.1. The summed E-state index contributed by atoms with van der Waals surface area (Å²) in [4.78, 5) is 16.6. The van der Waals surface area contributed by atoms with Crippen LogP contribution in [0.5, 0.6) is 0 Å². The fraction of sp³-hybridized carbons (Fsp3) is 0.600. The number of likely N-dealkylation sites (tertiary alicyclic amines) is 1. The highest BCUT2D eigenvalue weighted by molar-refractivity contribution is 7.09. The van der Waals surface area contributed by atoms with Crippen LogP contribution < -0.4 is 5.32 Å². The third kappa shape index (κ3) is 2.66. The predicted octanol–water partition coefficient (Wildman–Crippen LogP) is 1.62. The number of methoxy groups -OCH3 is 1. The van der Waals surface area contributed by atoms with Crippen molar-refractivity contribution in [3.63, 3.8) is 0 Å². The molecule has 1 aromatic heterocycles. The minimum absolute atomic E-state index is 0.207. The summed E-state index contributed by atoms with van der Waals surface area (Å²) < 4.78 is 42.6. The molecule has 2 heterocycles. The van der Waals surface area contributed by atoms with Crippen molar-refractivity contribution in [3.05, 3.63) is 16.6 Å². The van der Waals surface area contributed by atoms with Gasteiger partial charge >= 0.3 is 12.2 Å². The van der Waals surface area contributed by atoms with Crippen molar-refractivity contribution >= 4 is 17.4 Å². The van der Waals surface area contributed by atoms with Crippen LogP contribution >= 0.6 is 11.3 Å². The van der Waals surface area contributed by atoms with Gasteiger partial charge in [-0.25, -0.2) is 9.78 Å². The minimum Gasteiger partial charge on any atom is -0.365 e. The molecule has 1 fully saturated rings. The van der Waals surface area contributed by atoms with E-state index in [1.54, 1.807) is 11.6 Å². The van der Waals surface area contributed by atoms with E-state index in [1.807, 2.05) is 0 Å². The van der Waals surface area contributed by atoms with Gasteiger partial charge in [-0.2, -0.15) is 13.2 Å². The Morgan fingerprint density at radius 3 is 2.79 bits per heavy atom. The summed E-state index contributed by atoms with van der Waals surface area (Å²) in [7, 11) is 0.998. The average molecular weight is 295 g/mol. The fourth-order valence-corrected chi connectivity index (χ4v) is 2.30. The topological polar surface area (TPSA) is 54.5 Å². The fourth-order valence-electron chi connectivity index (χ4n) is 1.74. The number of thiazole rings is 1. The van der Waals surface area contributed by atoms with Crippen LogP contribution in [0.15, 0.2) is 11.6 Å². The first-order valence-corrected chi connectivity index (χ1v) is 6.29. The van der Waals surface area contributed by atoms with Crippen LogP contribution in [0.25, 0.3) is 0 Å². The van der Waals surface area contributed by atoms with E-state index in [9.17, 15) is 18.0 Å². The standard InChI is InChI=1S/C10H12F3N3O2S/c1-18-9(10(11,12)13)5-16(6-9)8(17)15-4-7-14-2-3-19-7/h2-3H,4-6H2,1H3,(H,15,17). The van der Waals surface area contributed by atoms with Crippen molar-refractivity contribution in [2.45, 2.75) is 18.3 Å². The molecule has 0 unspecified atom stereocenters. The zero-order valence-electron chi connectivity index (χ0n) is 10.0. The number of amides is 2. The number of nitrogens with one attached hydrogen (secondary N) is 1. The molecule has 2 rings (SSSR count). The highest BCUT2D eigenvalue weighted by atomic mass is 32.1. The number of carbonyl (C=O) groups excluding carboxylic acids is 1. The van der Waals surface area contributed by atoms with E-state index in [4.69, 9.17) is 0 Å². The van der Waals surface area contributed by atoms with Crippen molar-refractivity contribution in [3.8, 4) is 0 Å². The first-order chi connectivity index (χ1) is 8.88. The Morgan fingerprint density at radius 1 is 1.63 bits per heavy atom. The number of aromatic nitrogens is 1. The van der Waals surface area contributed by atoms with Gasteiger partial charge in [0.1, 0.15) is 5.01 Å². The number of alkyl halides is 3. The third-order valence-electron chi connectivity index (χ3n) is 2.96. The van der Waals surface area contributed by atoms with Gasteiger partial charge in [-0.05, 0) is 0 Å². The largest absolute Gasteiger partial charge is 0.420 e. The average Bonchev–Trinajstić information content (AvgIpc) is 2.76. The Balaban J connectivity index is 1.84. The molecule has 1 N–H and O–H groups in total. The number of urea groups is 1. The summed E-state index contributed by atoms with van der Waals surface area (Å²) in [6.45, 7) is -0.771. The van der Waals surface area contributed by atoms with Crippen molar-refractivity contribution in [2.24, 2.45) is 0 Å². The van der Waals surface area contributed by atoms with E-state index in [0.717, 1.165) is 12.0 Å². The predicted molar refractivity (Wildman–Crippen MR) is 61.7 cm³/mol. The molecule has 5 nitrogen and oxygen atoms in total. The van der Waals surface area contributed by atoms with E-state index in [-0.39, 0.29) is 6.54 Å². The lowest BCUT2D eigenvalue weighted by Crippen LogP contribution is -2.72. The Bertz CT molecular complexity index is 443. The van der Waals surface area contributed by atoms with Crippen LogP contribution in [0.1, 0.15) is 5.01 Å². The Labute approximate surface area is 111 Å². The Morgan fingerprint density at radius 2 is 2.32 bits per heavy atom. The summed E-state index contributed by atoms with van der Waals surface area (Å²) in [5.74, 6) is 0. The normalized spacial score (nSPS) is 18.0. The maximum Gasteiger partial charge on any atom is 0.420 e. The number of hydrogen-bond acceptors (Lipinski definition) is 4. The van der Waals surface area contributed by atoms with Gasteiger partial charge in [-0.15, -0.1) is 11.3 Å². The van der Waals surface area contributed by atoms with Crippen molar-refractivity contribution < 1.29 is 22.7 Å². The minimum atomic E-state index is -4.48. The van der Waals surface area contributed by atoms with Gasteiger partial charge in [0.15, 0.2) is 5.60 Å². The Kier molecular flexibility index (Phi) is 3.68. The molecule has 0 aromatic carbocycles. The highest BCUT2D eigenvalue weighted by Crippen LogP contribution is 2.40. The van der Waals surface area contributed by atoms with Crippen LogP contribution in [-0.2, 0) is 11.3 Å². The van der Waals surface area contributed by atoms with Crippen LogP contribution in [0.4, 0.5) is 18.0 Å². The van der Waals surface area contributed by atoms with E-state index in [1.165, 1.54) is 11.3 Å². The lowest BCUT2D eigenvalue weighted by molar-refractivity contribution is -0.303. The summed E-state index contributed by atoms with van der Waals surface area (Å²) in [6, 6.07) is -0.549.